The van der Waals surface area contributed by atoms with Gasteiger partial charge >= 0.3 is 0 Å². The molecule has 0 saturated heterocycles. The Bertz CT molecular complexity index is 299. The van der Waals surface area contributed by atoms with Gasteiger partial charge < -0.3 is 5.32 Å². The molecule has 1 aromatic rings. The van der Waals surface area contributed by atoms with E-state index < -0.39 is 0 Å². The maximum atomic E-state index is 10.5. The van der Waals surface area contributed by atoms with E-state index in [-0.39, 0.29) is 12.4 Å². The van der Waals surface area contributed by atoms with Crippen molar-refractivity contribution in [2.24, 2.45) is 0 Å². The van der Waals surface area contributed by atoms with Crippen LogP contribution < -0.4 is 5.32 Å². The summed E-state index contributed by atoms with van der Waals surface area (Å²) in [6.45, 7) is 1.74. The summed E-state index contributed by atoms with van der Waals surface area (Å²) in [5, 5.41) is 3.20. The van der Waals surface area contributed by atoms with Gasteiger partial charge in [0.25, 0.3) is 0 Å². The predicted octanol–water partition coefficient (Wildman–Crippen LogP) is 1.52. The molecule has 1 aliphatic heterocycles. The average molecular weight is 184 g/mol. The third-order valence-electron chi connectivity index (χ3n) is 2.05. The van der Waals surface area contributed by atoms with E-state index in [9.17, 15) is 4.79 Å². The first-order chi connectivity index (χ1) is 5.42. The van der Waals surface area contributed by atoms with Crippen LogP contribution in [0.2, 0.25) is 0 Å². The molecule has 0 amide bonds. The lowest BCUT2D eigenvalue weighted by atomic mass is 10.1. The fraction of sp³-hybridized carbons (Fsp3) is 0.222. The summed E-state index contributed by atoms with van der Waals surface area (Å²) in [5.41, 5.74) is 3.25. The highest BCUT2D eigenvalue weighted by Crippen LogP contribution is 2.17. The number of hydrogen-bond donors (Lipinski definition) is 1. The van der Waals surface area contributed by atoms with Gasteiger partial charge in [0.05, 0.1) is 0 Å². The second-order valence-corrected chi connectivity index (χ2v) is 2.71. The molecule has 1 N–H and O–H groups in total. The molecule has 0 radical (unpaired) electrons. The van der Waals surface area contributed by atoms with Crippen molar-refractivity contribution in [2.75, 3.05) is 0 Å². The van der Waals surface area contributed by atoms with Crippen LogP contribution in [-0.4, -0.2) is 6.29 Å². The number of nitrogens with one attached hydrogen (secondary N) is 1. The Kier molecular flexibility index (Phi) is 2.84. The van der Waals surface area contributed by atoms with Crippen molar-refractivity contribution >= 4 is 18.7 Å². The first kappa shape index (κ1) is 9.23. The zero-order valence-electron chi connectivity index (χ0n) is 6.54. The minimum absolute atomic E-state index is 0. The number of carbonyl (C=O) groups excluding carboxylic acids is 1. The van der Waals surface area contributed by atoms with Crippen molar-refractivity contribution < 1.29 is 4.79 Å². The van der Waals surface area contributed by atoms with Crippen LogP contribution in [0.15, 0.2) is 18.2 Å². The molecule has 1 aromatic carbocycles. The largest absolute Gasteiger partial charge is 0.309 e. The Morgan fingerprint density at radius 1 is 1.33 bits per heavy atom. The monoisotopic (exact) mass is 183 g/mol. The molecule has 0 atom stereocenters. The molecule has 0 saturated carbocycles. The van der Waals surface area contributed by atoms with Gasteiger partial charge in [0, 0.05) is 18.7 Å². The quantitative estimate of drug-likeness (QED) is 0.669. The maximum absolute atomic E-state index is 10.5. The van der Waals surface area contributed by atoms with Gasteiger partial charge in [-0.25, -0.2) is 0 Å². The van der Waals surface area contributed by atoms with Gasteiger partial charge in [0.15, 0.2) is 0 Å². The fourth-order valence-electron chi connectivity index (χ4n) is 1.47. The molecule has 0 bridgehead atoms. The SMILES string of the molecule is Cl.O=Cc1cccc2c1CNC2. The zero-order chi connectivity index (χ0) is 7.68. The molecule has 0 unspecified atom stereocenters. The Labute approximate surface area is 77.4 Å². The van der Waals surface area contributed by atoms with Gasteiger partial charge in [-0.05, 0) is 11.1 Å². The Morgan fingerprint density at radius 2 is 2.17 bits per heavy atom. The van der Waals surface area contributed by atoms with Crippen LogP contribution in [0.5, 0.6) is 0 Å². The molecule has 3 heteroatoms. The van der Waals surface area contributed by atoms with Gasteiger partial charge in [-0.1, -0.05) is 18.2 Å². The molecule has 64 valence electrons. The zero-order valence-corrected chi connectivity index (χ0v) is 7.36. The maximum Gasteiger partial charge on any atom is 0.150 e. The summed E-state index contributed by atoms with van der Waals surface area (Å²) < 4.78 is 0. The lowest BCUT2D eigenvalue weighted by Gasteiger charge is -1.98. The first-order valence-corrected chi connectivity index (χ1v) is 3.68. The first-order valence-electron chi connectivity index (χ1n) is 3.68. The molecule has 0 aromatic heterocycles. The van der Waals surface area contributed by atoms with Crippen LogP contribution in [0.3, 0.4) is 0 Å². The summed E-state index contributed by atoms with van der Waals surface area (Å²) in [5.74, 6) is 0. The Morgan fingerprint density at radius 3 is 2.92 bits per heavy atom. The van der Waals surface area contributed by atoms with Crippen molar-refractivity contribution in [3.05, 3.63) is 34.9 Å². The number of fused-ring (bicyclic) bond motifs is 1. The van der Waals surface area contributed by atoms with E-state index in [1.165, 1.54) is 11.1 Å². The van der Waals surface area contributed by atoms with Crippen LogP contribution in [-0.2, 0) is 13.1 Å². The summed E-state index contributed by atoms with van der Waals surface area (Å²) in [6, 6.07) is 5.84. The van der Waals surface area contributed by atoms with Crippen molar-refractivity contribution in [2.45, 2.75) is 13.1 Å². The number of benzene rings is 1. The van der Waals surface area contributed by atoms with Crippen LogP contribution in [0.4, 0.5) is 0 Å². The fourth-order valence-corrected chi connectivity index (χ4v) is 1.47. The molecular weight excluding hydrogens is 174 g/mol. The topological polar surface area (TPSA) is 29.1 Å². The second kappa shape index (κ2) is 3.70. The summed E-state index contributed by atoms with van der Waals surface area (Å²) in [7, 11) is 0. The van der Waals surface area contributed by atoms with Gasteiger partial charge in [0.2, 0.25) is 0 Å². The van der Waals surface area contributed by atoms with E-state index in [0.29, 0.717) is 0 Å². The highest BCUT2D eigenvalue weighted by Gasteiger charge is 2.12. The van der Waals surface area contributed by atoms with Crippen LogP contribution in [0, 0.1) is 0 Å². The Balaban J connectivity index is 0.000000720. The lowest BCUT2D eigenvalue weighted by molar-refractivity contribution is 0.112. The summed E-state index contributed by atoms with van der Waals surface area (Å²) >= 11 is 0. The molecule has 0 spiro atoms. The third kappa shape index (κ3) is 1.36. The number of carbonyl (C=O) groups is 1. The molecule has 1 heterocycles. The van der Waals surface area contributed by atoms with Crippen molar-refractivity contribution in [1.82, 2.24) is 5.32 Å². The van der Waals surface area contributed by atoms with Crippen LogP contribution in [0.25, 0.3) is 0 Å². The van der Waals surface area contributed by atoms with E-state index in [2.05, 4.69) is 11.4 Å². The van der Waals surface area contributed by atoms with E-state index in [0.717, 1.165) is 24.9 Å². The van der Waals surface area contributed by atoms with Crippen molar-refractivity contribution in [3.8, 4) is 0 Å². The highest BCUT2D eigenvalue weighted by molar-refractivity contribution is 5.85. The van der Waals surface area contributed by atoms with Crippen molar-refractivity contribution in [3.63, 3.8) is 0 Å². The number of rotatable bonds is 1. The minimum Gasteiger partial charge on any atom is -0.309 e. The van der Waals surface area contributed by atoms with E-state index in [1.54, 1.807) is 0 Å². The third-order valence-corrected chi connectivity index (χ3v) is 2.05. The standard InChI is InChI=1S/C9H9NO.ClH/c11-6-8-3-1-2-7-4-10-5-9(7)8;/h1-3,6,10H,4-5H2;1H. The highest BCUT2D eigenvalue weighted by atomic mass is 35.5. The molecule has 0 fully saturated rings. The predicted molar refractivity (Wildman–Crippen MR) is 49.6 cm³/mol. The molecular formula is C9H10ClNO. The average Bonchev–Trinajstić information content (AvgIpc) is 2.50. The number of hydrogen-bond acceptors (Lipinski definition) is 2. The van der Waals surface area contributed by atoms with Crippen molar-refractivity contribution in [1.29, 1.82) is 0 Å². The smallest absolute Gasteiger partial charge is 0.150 e. The van der Waals surface area contributed by atoms with E-state index in [1.807, 2.05) is 12.1 Å². The molecule has 2 rings (SSSR count). The molecule has 0 aliphatic carbocycles. The van der Waals surface area contributed by atoms with Gasteiger partial charge in [-0.2, -0.15) is 0 Å². The Hall–Kier alpha value is -0.860. The second-order valence-electron chi connectivity index (χ2n) is 2.71. The molecule has 2 nitrogen and oxygen atoms in total. The lowest BCUT2D eigenvalue weighted by Crippen LogP contribution is -2.00. The molecule has 1 aliphatic rings. The number of aldehydes is 1. The van der Waals surface area contributed by atoms with Gasteiger partial charge in [0.1, 0.15) is 6.29 Å². The van der Waals surface area contributed by atoms with Crippen LogP contribution in [0.1, 0.15) is 21.5 Å². The van der Waals surface area contributed by atoms with Gasteiger partial charge in [-0.15, -0.1) is 12.4 Å². The van der Waals surface area contributed by atoms with E-state index >= 15 is 0 Å². The van der Waals surface area contributed by atoms with Gasteiger partial charge in [-0.3, -0.25) is 4.79 Å². The summed E-state index contributed by atoms with van der Waals surface area (Å²) in [4.78, 5) is 10.5. The van der Waals surface area contributed by atoms with Crippen LogP contribution >= 0.6 is 12.4 Å². The number of halogens is 1. The molecule has 12 heavy (non-hydrogen) atoms. The summed E-state index contributed by atoms with van der Waals surface area (Å²) in [6.07, 6.45) is 0.922. The van der Waals surface area contributed by atoms with E-state index in [4.69, 9.17) is 0 Å². The normalized spacial score (nSPS) is 13.3. The minimum atomic E-state index is 0.